The van der Waals surface area contributed by atoms with Crippen molar-refractivity contribution < 1.29 is 9.59 Å². The minimum absolute atomic E-state index is 0.0393. The van der Waals surface area contributed by atoms with Gasteiger partial charge in [0, 0.05) is 43.5 Å². The molecule has 2 fully saturated rings. The van der Waals surface area contributed by atoms with Crippen LogP contribution in [0.2, 0.25) is 0 Å². The van der Waals surface area contributed by atoms with E-state index < -0.39 is 0 Å². The second-order valence-corrected chi connectivity index (χ2v) is 6.78. The number of likely N-dealkylation sites (tertiary alicyclic amines) is 1. The quantitative estimate of drug-likeness (QED) is 0.887. The lowest BCUT2D eigenvalue weighted by atomic mass is 9.90. The number of carbonyl (C=O) groups excluding carboxylic acids is 2. The number of hydrogen-bond acceptors (Lipinski definition) is 3. The summed E-state index contributed by atoms with van der Waals surface area (Å²) < 4.78 is 0. The summed E-state index contributed by atoms with van der Waals surface area (Å²) in [7, 11) is 0. The minimum Gasteiger partial charge on any atom is -0.339 e. The molecule has 0 radical (unpaired) electrons. The molecule has 0 bridgehead atoms. The van der Waals surface area contributed by atoms with Crippen LogP contribution in [0.15, 0.2) is 24.3 Å². The molecule has 2 aliphatic heterocycles. The molecule has 0 aromatic heterocycles. The van der Waals surface area contributed by atoms with Crippen molar-refractivity contribution in [2.75, 3.05) is 31.1 Å². The van der Waals surface area contributed by atoms with Crippen molar-refractivity contribution in [3.05, 3.63) is 29.8 Å². The third-order valence-corrected chi connectivity index (χ3v) is 5.06. The molecule has 2 saturated heterocycles. The number of nitrogens with one attached hydrogen (secondary N) is 1. The Morgan fingerprint density at radius 1 is 1.29 bits per heavy atom. The van der Waals surface area contributed by atoms with E-state index in [2.05, 4.69) is 5.32 Å². The Hall–Kier alpha value is -2.08. The third-order valence-electron chi connectivity index (χ3n) is 5.06. The van der Waals surface area contributed by atoms with Gasteiger partial charge >= 0.3 is 6.03 Å². The monoisotopic (exact) mass is 330 g/mol. The van der Waals surface area contributed by atoms with E-state index in [1.807, 2.05) is 36.1 Å². The van der Waals surface area contributed by atoms with Gasteiger partial charge < -0.3 is 16.0 Å². The zero-order valence-corrected chi connectivity index (χ0v) is 14.2. The highest BCUT2D eigenvalue weighted by atomic mass is 16.2. The van der Waals surface area contributed by atoms with Crippen LogP contribution in [-0.4, -0.2) is 49.1 Å². The minimum atomic E-state index is -0.0939. The van der Waals surface area contributed by atoms with E-state index in [0.717, 1.165) is 38.0 Å². The number of benzene rings is 1. The average Bonchev–Trinajstić information content (AvgIpc) is 2.61. The number of anilines is 1. The Kier molecular flexibility index (Phi) is 5.04. The molecule has 6 heteroatoms. The fraction of sp³-hybridized carbons (Fsp3) is 0.556. The zero-order chi connectivity index (χ0) is 17.1. The molecule has 1 aromatic rings. The van der Waals surface area contributed by atoms with Crippen molar-refractivity contribution in [3.8, 4) is 0 Å². The van der Waals surface area contributed by atoms with Crippen molar-refractivity contribution in [2.24, 2.45) is 11.7 Å². The maximum absolute atomic E-state index is 12.8. The second kappa shape index (κ2) is 7.21. The zero-order valence-electron chi connectivity index (χ0n) is 14.2. The summed E-state index contributed by atoms with van der Waals surface area (Å²) in [6.45, 7) is 4.93. The Balaban J connectivity index is 1.70. The largest absolute Gasteiger partial charge is 0.339 e. The number of carbonyl (C=O) groups is 2. The Bertz CT molecular complexity index is 609. The van der Waals surface area contributed by atoms with Crippen LogP contribution in [0.3, 0.4) is 0 Å². The van der Waals surface area contributed by atoms with Crippen molar-refractivity contribution in [1.82, 2.24) is 10.2 Å². The van der Waals surface area contributed by atoms with Gasteiger partial charge in [-0.05, 0) is 50.3 Å². The molecule has 3 rings (SSSR count). The molecule has 1 aromatic carbocycles. The molecule has 0 aliphatic carbocycles. The first kappa shape index (κ1) is 16.8. The summed E-state index contributed by atoms with van der Waals surface area (Å²) in [5.74, 6) is 0.537. The van der Waals surface area contributed by atoms with Crippen LogP contribution in [0.25, 0.3) is 0 Å². The lowest BCUT2D eigenvalue weighted by Gasteiger charge is -2.34. The standard InChI is InChI=1S/C18H26N4O2/c1-13(19)14-6-10-21(11-7-14)17(23)15-4-2-5-16(12-15)22-9-3-8-20-18(22)24/h2,4-5,12-14H,3,6-11,19H2,1H3,(H,20,24). The van der Waals surface area contributed by atoms with Gasteiger partial charge in [0.2, 0.25) is 0 Å². The number of nitrogens with zero attached hydrogens (tertiary/aromatic N) is 2. The summed E-state index contributed by atoms with van der Waals surface area (Å²) in [5.41, 5.74) is 7.39. The van der Waals surface area contributed by atoms with E-state index in [1.165, 1.54) is 0 Å². The van der Waals surface area contributed by atoms with Crippen molar-refractivity contribution >= 4 is 17.6 Å². The van der Waals surface area contributed by atoms with Gasteiger partial charge in [0.05, 0.1) is 0 Å². The van der Waals surface area contributed by atoms with Crippen LogP contribution in [0.4, 0.5) is 10.5 Å². The van der Waals surface area contributed by atoms with Crippen molar-refractivity contribution in [3.63, 3.8) is 0 Å². The van der Waals surface area contributed by atoms with E-state index in [1.54, 1.807) is 4.90 Å². The topological polar surface area (TPSA) is 78.7 Å². The van der Waals surface area contributed by atoms with Crippen LogP contribution < -0.4 is 16.0 Å². The fourth-order valence-corrected chi connectivity index (χ4v) is 3.49. The SMILES string of the molecule is CC(N)C1CCN(C(=O)c2cccc(N3CCCNC3=O)c2)CC1. The van der Waals surface area contributed by atoms with Gasteiger partial charge in [-0.3, -0.25) is 9.69 Å². The van der Waals surface area contributed by atoms with Gasteiger partial charge in [-0.15, -0.1) is 0 Å². The molecule has 3 amide bonds. The summed E-state index contributed by atoms with van der Waals surface area (Å²) in [4.78, 5) is 28.3. The van der Waals surface area contributed by atoms with Gasteiger partial charge in [0.15, 0.2) is 0 Å². The first-order valence-electron chi connectivity index (χ1n) is 8.76. The number of rotatable bonds is 3. The Morgan fingerprint density at radius 2 is 2.04 bits per heavy atom. The number of piperidine rings is 1. The lowest BCUT2D eigenvalue weighted by Crippen LogP contribution is -2.46. The highest BCUT2D eigenvalue weighted by Crippen LogP contribution is 2.23. The lowest BCUT2D eigenvalue weighted by molar-refractivity contribution is 0.0681. The fourth-order valence-electron chi connectivity index (χ4n) is 3.49. The Labute approximate surface area is 143 Å². The second-order valence-electron chi connectivity index (χ2n) is 6.78. The maximum atomic E-state index is 12.8. The highest BCUT2D eigenvalue weighted by Gasteiger charge is 2.26. The Morgan fingerprint density at radius 3 is 2.71 bits per heavy atom. The molecule has 1 unspecified atom stereocenters. The number of urea groups is 1. The number of hydrogen-bond donors (Lipinski definition) is 2. The van der Waals surface area contributed by atoms with E-state index in [-0.39, 0.29) is 18.0 Å². The molecule has 130 valence electrons. The highest BCUT2D eigenvalue weighted by molar-refractivity contribution is 5.98. The van der Waals surface area contributed by atoms with E-state index >= 15 is 0 Å². The molecule has 6 nitrogen and oxygen atoms in total. The average molecular weight is 330 g/mol. The van der Waals surface area contributed by atoms with Crippen molar-refractivity contribution in [1.29, 1.82) is 0 Å². The molecular weight excluding hydrogens is 304 g/mol. The summed E-state index contributed by atoms with van der Waals surface area (Å²) in [6.07, 6.45) is 2.82. The van der Waals surface area contributed by atoms with Gasteiger partial charge in [-0.25, -0.2) is 4.79 Å². The van der Waals surface area contributed by atoms with Crippen LogP contribution in [0, 0.1) is 5.92 Å². The number of nitrogens with two attached hydrogens (primary N) is 1. The van der Waals surface area contributed by atoms with Gasteiger partial charge in [0.25, 0.3) is 5.91 Å². The summed E-state index contributed by atoms with van der Waals surface area (Å²) in [6, 6.07) is 7.46. The predicted octanol–water partition coefficient (Wildman–Crippen LogP) is 1.81. The first-order chi connectivity index (χ1) is 11.6. The first-order valence-corrected chi connectivity index (χ1v) is 8.76. The third kappa shape index (κ3) is 3.53. The summed E-state index contributed by atoms with van der Waals surface area (Å²) in [5, 5.41) is 2.84. The predicted molar refractivity (Wildman–Crippen MR) is 94.1 cm³/mol. The van der Waals surface area contributed by atoms with Crippen LogP contribution in [-0.2, 0) is 0 Å². The van der Waals surface area contributed by atoms with Crippen molar-refractivity contribution in [2.45, 2.75) is 32.2 Å². The molecule has 24 heavy (non-hydrogen) atoms. The molecule has 0 spiro atoms. The molecule has 2 heterocycles. The molecular formula is C18H26N4O2. The van der Waals surface area contributed by atoms with Crippen LogP contribution >= 0.6 is 0 Å². The van der Waals surface area contributed by atoms with E-state index in [0.29, 0.717) is 24.6 Å². The van der Waals surface area contributed by atoms with Gasteiger partial charge in [-0.2, -0.15) is 0 Å². The summed E-state index contributed by atoms with van der Waals surface area (Å²) >= 11 is 0. The molecule has 3 N–H and O–H groups in total. The van der Waals surface area contributed by atoms with E-state index in [4.69, 9.17) is 5.73 Å². The van der Waals surface area contributed by atoms with Gasteiger partial charge in [0.1, 0.15) is 0 Å². The number of amides is 3. The maximum Gasteiger partial charge on any atom is 0.321 e. The van der Waals surface area contributed by atoms with Gasteiger partial charge in [-0.1, -0.05) is 6.07 Å². The normalized spacial score (nSPS) is 20.7. The molecule has 2 aliphatic rings. The van der Waals surface area contributed by atoms with E-state index in [9.17, 15) is 9.59 Å². The van der Waals surface area contributed by atoms with Crippen LogP contribution in [0.1, 0.15) is 36.5 Å². The molecule has 1 atom stereocenters. The smallest absolute Gasteiger partial charge is 0.321 e. The molecule has 0 saturated carbocycles. The van der Waals surface area contributed by atoms with Crippen LogP contribution in [0.5, 0.6) is 0 Å².